The van der Waals surface area contributed by atoms with Crippen LogP contribution in [0.15, 0.2) is 30.7 Å². The largest absolute Gasteiger partial charge is 0.488 e. The number of nitrogen functional groups attached to an aromatic ring is 1. The monoisotopic (exact) mass is 292 g/mol. The molecule has 3 heterocycles. The van der Waals surface area contributed by atoms with Gasteiger partial charge in [0, 0.05) is 17.6 Å². The Balaban J connectivity index is 1.79. The summed E-state index contributed by atoms with van der Waals surface area (Å²) < 4.78 is 7.38. The van der Waals surface area contributed by atoms with E-state index >= 15 is 0 Å². The number of nitrogens with two attached hydrogens (primary N) is 1. The van der Waals surface area contributed by atoms with Crippen molar-refractivity contribution in [2.75, 3.05) is 5.73 Å². The third-order valence-corrected chi connectivity index (χ3v) is 3.45. The van der Waals surface area contributed by atoms with Crippen molar-refractivity contribution in [3.8, 4) is 17.6 Å². The molecule has 0 saturated heterocycles. The van der Waals surface area contributed by atoms with E-state index in [-0.39, 0.29) is 6.10 Å². The Labute approximate surface area is 126 Å². The zero-order valence-electron chi connectivity index (χ0n) is 11.6. The van der Waals surface area contributed by atoms with Crippen LogP contribution in [-0.2, 0) is 0 Å². The summed E-state index contributed by atoms with van der Waals surface area (Å²) in [5.41, 5.74) is 7.54. The van der Waals surface area contributed by atoms with Crippen molar-refractivity contribution in [3.63, 3.8) is 0 Å². The second-order valence-electron chi connectivity index (χ2n) is 5.20. The molecule has 3 aromatic heterocycles. The Morgan fingerprint density at radius 1 is 1.23 bits per heavy atom. The summed E-state index contributed by atoms with van der Waals surface area (Å²) in [7, 11) is 0. The number of hydrogen-bond acceptors (Lipinski definition) is 6. The molecule has 3 aromatic rings. The number of rotatable bonds is 3. The first kappa shape index (κ1) is 12.6. The number of fused-ring (bicyclic) bond motifs is 1. The third-order valence-electron chi connectivity index (χ3n) is 3.45. The highest BCUT2D eigenvalue weighted by Gasteiger charge is 2.24. The predicted octanol–water partition coefficient (Wildman–Crippen LogP) is 1.81. The lowest BCUT2D eigenvalue weighted by Gasteiger charge is -2.09. The van der Waals surface area contributed by atoms with Crippen LogP contribution < -0.4 is 10.5 Å². The molecule has 0 atom stereocenters. The minimum absolute atomic E-state index is 0.253. The van der Waals surface area contributed by atoms with Crippen molar-refractivity contribution in [2.24, 2.45) is 0 Å². The van der Waals surface area contributed by atoms with E-state index in [4.69, 9.17) is 15.7 Å². The Morgan fingerprint density at radius 2 is 2.09 bits per heavy atom. The lowest BCUT2D eigenvalue weighted by molar-refractivity contribution is 0.304. The van der Waals surface area contributed by atoms with Crippen LogP contribution in [0.4, 0.5) is 5.69 Å². The van der Waals surface area contributed by atoms with E-state index in [1.54, 1.807) is 29.2 Å². The molecule has 0 unspecified atom stereocenters. The van der Waals surface area contributed by atoms with Gasteiger partial charge in [-0.15, -0.1) is 0 Å². The fourth-order valence-electron chi connectivity index (χ4n) is 2.17. The average molecular weight is 292 g/mol. The van der Waals surface area contributed by atoms with Gasteiger partial charge in [-0.25, -0.2) is 9.97 Å². The Hall–Kier alpha value is -3.14. The summed E-state index contributed by atoms with van der Waals surface area (Å²) in [5.74, 6) is 1.20. The first-order valence-electron chi connectivity index (χ1n) is 6.91. The van der Waals surface area contributed by atoms with E-state index in [0.29, 0.717) is 28.5 Å². The summed E-state index contributed by atoms with van der Waals surface area (Å²) in [5, 5.41) is 14.0. The average Bonchev–Trinajstić information content (AvgIpc) is 3.25. The fraction of sp³-hybridized carbons (Fsp3) is 0.200. The lowest BCUT2D eigenvalue weighted by atomic mass is 10.2. The third kappa shape index (κ3) is 2.11. The molecule has 0 amide bonds. The number of pyridine rings is 2. The van der Waals surface area contributed by atoms with Gasteiger partial charge in [0.25, 0.3) is 0 Å². The number of aromatic nitrogens is 4. The molecule has 0 bridgehead atoms. The highest BCUT2D eigenvalue weighted by atomic mass is 16.5. The van der Waals surface area contributed by atoms with E-state index in [9.17, 15) is 0 Å². The molecule has 0 spiro atoms. The number of anilines is 1. The molecule has 108 valence electrons. The van der Waals surface area contributed by atoms with Crippen molar-refractivity contribution in [3.05, 3.63) is 36.3 Å². The van der Waals surface area contributed by atoms with Crippen LogP contribution in [0.5, 0.6) is 5.75 Å². The van der Waals surface area contributed by atoms with Crippen molar-refractivity contribution in [1.82, 2.24) is 19.7 Å². The molecular weight excluding hydrogens is 280 g/mol. The first-order chi connectivity index (χ1) is 10.7. The number of hydrogen-bond donors (Lipinski definition) is 1. The van der Waals surface area contributed by atoms with Gasteiger partial charge in [-0.3, -0.25) is 0 Å². The summed E-state index contributed by atoms with van der Waals surface area (Å²) in [4.78, 5) is 8.57. The van der Waals surface area contributed by atoms with Gasteiger partial charge in [0.15, 0.2) is 11.5 Å². The van der Waals surface area contributed by atoms with Crippen molar-refractivity contribution < 1.29 is 4.74 Å². The van der Waals surface area contributed by atoms with Crippen LogP contribution in [0.1, 0.15) is 18.4 Å². The van der Waals surface area contributed by atoms with E-state index < -0.39 is 0 Å². The Bertz CT molecular complexity index is 906. The van der Waals surface area contributed by atoms with Gasteiger partial charge >= 0.3 is 0 Å². The van der Waals surface area contributed by atoms with Crippen LogP contribution in [-0.4, -0.2) is 25.9 Å². The molecular formula is C15H12N6O. The number of ether oxygens (including phenoxy) is 1. The van der Waals surface area contributed by atoms with Gasteiger partial charge in [0.05, 0.1) is 29.7 Å². The Morgan fingerprint density at radius 3 is 2.86 bits per heavy atom. The molecule has 22 heavy (non-hydrogen) atoms. The molecule has 4 rings (SSSR count). The summed E-state index contributed by atoms with van der Waals surface area (Å²) >= 11 is 0. The van der Waals surface area contributed by atoms with Crippen LogP contribution in [0.2, 0.25) is 0 Å². The molecule has 0 aliphatic heterocycles. The van der Waals surface area contributed by atoms with Crippen molar-refractivity contribution in [1.29, 1.82) is 5.26 Å². The minimum atomic E-state index is 0.253. The van der Waals surface area contributed by atoms with Gasteiger partial charge in [0.2, 0.25) is 0 Å². The maximum atomic E-state index is 8.92. The second kappa shape index (κ2) is 4.70. The fourth-order valence-corrected chi connectivity index (χ4v) is 2.17. The molecule has 1 saturated carbocycles. The van der Waals surface area contributed by atoms with Gasteiger partial charge in [-0.2, -0.15) is 15.0 Å². The summed E-state index contributed by atoms with van der Waals surface area (Å²) in [6.45, 7) is 0. The summed E-state index contributed by atoms with van der Waals surface area (Å²) in [6, 6.07) is 5.57. The van der Waals surface area contributed by atoms with Gasteiger partial charge < -0.3 is 10.5 Å². The maximum absolute atomic E-state index is 8.92. The lowest BCUT2D eigenvalue weighted by Crippen LogP contribution is -2.05. The van der Waals surface area contributed by atoms with E-state index in [0.717, 1.165) is 18.2 Å². The van der Waals surface area contributed by atoms with Crippen molar-refractivity contribution in [2.45, 2.75) is 18.9 Å². The first-order valence-corrected chi connectivity index (χ1v) is 6.91. The van der Waals surface area contributed by atoms with Crippen molar-refractivity contribution >= 4 is 16.7 Å². The molecule has 7 heteroatoms. The normalized spacial score (nSPS) is 14.0. The maximum Gasteiger partial charge on any atom is 0.164 e. The Kier molecular flexibility index (Phi) is 2.69. The molecule has 0 aromatic carbocycles. The van der Waals surface area contributed by atoms with Crippen LogP contribution >= 0.6 is 0 Å². The SMILES string of the molecule is N#Cc1cnc2c(cnn2-c2cc(OC3CC3)c(N)cn2)c1. The molecule has 1 aliphatic carbocycles. The molecule has 1 fully saturated rings. The minimum Gasteiger partial charge on any atom is -0.488 e. The molecule has 1 aliphatic rings. The zero-order valence-corrected chi connectivity index (χ0v) is 11.6. The smallest absolute Gasteiger partial charge is 0.164 e. The molecule has 0 radical (unpaired) electrons. The topological polar surface area (TPSA) is 103 Å². The van der Waals surface area contributed by atoms with Gasteiger partial charge in [-0.1, -0.05) is 0 Å². The van der Waals surface area contributed by atoms with E-state index in [2.05, 4.69) is 21.1 Å². The van der Waals surface area contributed by atoms with Crippen LogP contribution in [0, 0.1) is 11.3 Å². The van der Waals surface area contributed by atoms with Gasteiger partial charge in [0.1, 0.15) is 11.8 Å². The predicted molar refractivity (Wildman–Crippen MR) is 79.4 cm³/mol. The molecule has 7 nitrogen and oxygen atoms in total. The van der Waals surface area contributed by atoms with E-state index in [1.165, 1.54) is 6.20 Å². The van der Waals surface area contributed by atoms with Crippen LogP contribution in [0.3, 0.4) is 0 Å². The number of nitriles is 1. The quantitative estimate of drug-likeness (QED) is 0.789. The van der Waals surface area contributed by atoms with Crippen LogP contribution in [0.25, 0.3) is 16.9 Å². The molecule has 2 N–H and O–H groups in total. The van der Waals surface area contributed by atoms with Gasteiger partial charge in [-0.05, 0) is 18.9 Å². The second-order valence-corrected chi connectivity index (χ2v) is 5.20. The summed E-state index contributed by atoms with van der Waals surface area (Å²) in [6.07, 6.45) is 7.09. The zero-order chi connectivity index (χ0) is 15.1. The number of nitrogens with zero attached hydrogens (tertiary/aromatic N) is 5. The van der Waals surface area contributed by atoms with E-state index in [1.807, 2.05) is 0 Å². The standard InChI is InChI=1S/C15H12N6O/c16-5-9-3-10-7-20-21(15(10)19-6-9)14-4-13(12(17)8-18-14)22-11-1-2-11/h3-4,6-8,11H,1-2,17H2. The highest BCUT2D eigenvalue weighted by Crippen LogP contribution is 2.31. The highest BCUT2D eigenvalue weighted by molar-refractivity contribution is 5.77.